The molecule has 11 heteroatoms. The van der Waals surface area contributed by atoms with Gasteiger partial charge in [0.15, 0.2) is 0 Å². The number of hydrogen-bond acceptors (Lipinski definition) is 7. The van der Waals surface area contributed by atoms with Gasteiger partial charge in [-0.25, -0.2) is 4.79 Å². The molecule has 0 saturated heterocycles. The first-order valence-corrected chi connectivity index (χ1v) is 13.1. The number of carbonyl (C=O) groups excluding carboxylic acids is 3. The van der Waals surface area contributed by atoms with Crippen LogP contribution in [-0.2, 0) is 32.1 Å². The molecule has 6 N–H and O–H groups in total. The number of nitrogens with one attached hydrogen (secondary N) is 2. The highest BCUT2D eigenvalue weighted by Crippen LogP contribution is 2.25. The predicted molar refractivity (Wildman–Crippen MR) is 133 cm³/mol. The van der Waals surface area contributed by atoms with E-state index in [2.05, 4.69) is 10.6 Å². The fraction of sp³-hybridized carbons (Fsp3) is 0.583. The highest BCUT2D eigenvalue weighted by atomic mass is 32.2. The second kappa shape index (κ2) is 13.5. The Hall–Kier alpha value is -2.63. The number of carbonyl (C=O) groups is 4. The van der Waals surface area contributed by atoms with Crippen LogP contribution in [0.1, 0.15) is 37.8 Å². The van der Waals surface area contributed by atoms with Gasteiger partial charge in [-0.15, -0.1) is 0 Å². The molecule has 4 atom stereocenters. The average Bonchev–Trinajstić information content (AvgIpc) is 2.83. The summed E-state index contributed by atoms with van der Waals surface area (Å²) in [6.45, 7) is 3.44. The van der Waals surface area contributed by atoms with E-state index in [-0.39, 0.29) is 38.3 Å². The SMILES string of the molecule is CSCCC(NC(=O)C1Cc2ccccc2CN1C(=O)[C@@H](NC(=O)C(N)CCO)C(C)C)C(=O)O. The molecular formula is C24H36N4O6S. The minimum atomic E-state index is -1.13. The number of nitrogens with two attached hydrogens (primary N) is 1. The van der Waals surface area contributed by atoms with Gasteiger partial charge in [0, 0.05) is 19.6 Å². The van der Waals surface area contributed by atoms with E-state index in [0.717, 1.165) is 11.1 Å². The van der Waals surface area contributed by atoms with Gasteiger partial charge < -0.3 is 31.5 Å². The summed E-state index contributed by atoms with van der Waals surface area (Å²) in [6, 6.07) is 3.54. The molecule has 0 spiro atoms. The fourth-order valence-corrected chi connectivity index (χ4v) is 4.44. The summed E-state index contributed by atoms with van der Waals surface area (Å²) < 4.78 is 0. The van der Waals surface area contributed by atoms with Gasteiger partial charge in [0.25, 0.3) is 0 Å². The Labute approximate surface area is 210 Å². The topological polar surface area (TPSA) is 162 Å². The van der Waals surface area contributed by atoms with Crippen molar-refractivity contribution in [1.29, 1.82) is 0 Å². The van der Waals surface area contributed by atoms with Crippen LogP contribution in [0.15, 0.2) is 24.3 Å². The summed E-state index contributed by atoms with van der Waals surface area (Å²) in [6.07, 6.45) is 2.39. The summed E-state index contributed by atoms with van der Waals surface area (Å²) >= 11 is 1.48. The van der Waals surface area contributed by atoms with Crippen molar-refractivity contribution in [2.75, 3.05) is 18.6 Å². The largest absolute Gasteiger partial charge is 0.480 e. The van der Waals surface area contributed by atoms with Crippen molar-refractivity contribution < 1.29 is 29.4 Å². The number of aliphatic hydroxyl groups excluding tert-OH is 1. The minimum absolute atomic E-state index is 0.0551. The van der Waals surface area contributed by atoms with E-state index in [1.165, 1.54) is 16.7 Å². The van der Waals surface area contributed by atoms with Crippen molar-refractivity contribution in [2.24, 2.45) is 11.7 Å². The molecule has 0 aliphatic carbocycles. The van der Waals surface area contributed by atoms with E-state index < -0.39 is 47.9 Å². The molecule has 1 aromatic carbocycles. The van der Waals surface area contributed by atoms with Crippen molar-refractivity contribution in [3.8, 4) is 0 Å². The number of carboxylic acids is 1. The average molecular weight is 509 g/mol. The Kier molecular flexibility index (Phi) is 11.0. The maximum absolute atomic E-state index is 13.7. The third kappa shape index (κ3) is 7.68. The van der Waals surface area contributed by atoms with Gasteiger partial charge >= 0.3 is 5.97 Å². The second-order valence-electron chi connectivity index (χ2n) is 8.98. The lowest BCUT2D eigenvalue weighted by Crippen LogP contribution is -2.61. The smallest absolute Gasteiger partial charge is 0.326 e. The second-order valence-corrected chi connectivity index (χ2v) is 9.97. The lowest BCUT2D eigenvalue weighted by Gasteiger charge is -2.39. The number of hydrogen-bond donors (Lipinski definition) is 5. The summed E-state index contributed by atoms with van der Waals surface area (Å²) in [5, 5.41) is 23.9. The number of fused-ring (bicyclic) bond motifs is 1. The quantitative estimate of drug-likeness (QED) is 0.266. The van der Waals surface area contributed by atoms with Crippen LogP contribution >= 0.6 is 11.8 Å². The minimum Gasteiger partial charge on any atom is -0.480 e. The standard InChI is InChI=1S/C24H36N4O6S/c1-14(2)20(27-21(30)17(25)8-10-29)23(32)28-13-16-7-5-4-6-15(16)12-19(28)22(31)26-18(24(33)34)9-11-35-3/h4-7,14,17-20,29H,8-13,25H2,1-3H3,(H,26,31)(H,27,30)(H,33,34)/t17?,18?,19?,20-/m0/s1. The molecule has 3 amide bonds. The number of amides is 3. The molecule has 35 heavy (non-hydrogen) atoms. The van der Waals surface area contributed by atoms with Crippen molar-refractivity contribution in [3.05, 3.63) is 35.4 Å². The molecule has 0 bridgehead atoms. The zero-order valence-corrected chi connectivity index (χ0v) is 21.2. The zero-order chi connectivity index (χ0) is 26.1. The van der Waals surface area contributed by atoms with Crippen LogP contribution in [-0.4, -0.2) is 81.6 Å². The molecule has 0 saturated carbocycles. The molecular weight excluding hydrogens is 472 g/mol. The zero-order valence-electron chi connectivity index (χ0n) is 20.4. The van der Waals surface area contributed by atoms with Gasteiger partial charge in [0.1, 0.15) is 18.1 Å². The lowest BCUT2D eigenvalue weighted by molar-refractivity contribution is -0.147. The van der Waals surface area contributed by atoms with Crippen molar-refractivity contribution in [3.63, 3.8) is 0 Å². The highest BCUT2D eigenvalue weighted by Gasteiger charge is 2.40. The third-order valence-corrected chi connectivity index (χ3v) is 6.71. The molecule has 0 fully saturated rings. The van der Waals surface area contributed by atoms with Gasteiger partial charge in [-0.2, -0.15) is 11.8 Å². The van der Waals surface area contributed by atoms with E-state index >= 15 is 0 Å². The van der Waals surface area contributed by atoms with E-state index in [1.54, 1.807) is 13.8 Å². The van der Waals surface area contributed by atoms with Crippen molar-refractivity contribution in [2.45, 2.75) is 63.8 Å². The molecule has 0 radical (unpaired) electrons. The molecule has 1 aliphatic rings. The number of aliphatic carboxylic acids is 1. The molecule has 194 valence electrons. The Morgan fingerprint density at radius 3 is 2.37 bits per heavy atom. The number of thioether (sulfide) groups is 1. The van der Waals surface area contributed by atoms with Crippen LogP contribution < -0.4 is 16.4 Å². The highest BCUT2D eigenvalue weighted by molar-refractivity contribution is 7.98. The van der Waals surface area contributed by atoms with Gasteiger partial charge in [0.05, 0.1) is 6.04 Å². The van der Waals surface area contributed by atoms with Crippen molar-refractivity contribution in [1.82, 2.24) is 15.5 Å². The lowest BCUT2D eigenvalue weighted by atomic mass is 9.91. The number of benzene rings is 1. The first kappa shape index (κ1) is 28.6. The molecule has 1 heterocycles. The van der Waals surface area contributed by atoms with Crippen LogP contribution in [0.2, 0.25) is 0 Å². The monoisotopic (exact) mass is 508 g/mol. The van der Waals surface area contributed by atoms with Crippen LogP contribution in [0.3, 0.4) is 0 Å². The Morgan fingerprint density at radius 2 is 1.80 bits per heavy atom. The number of nitrogens with zero attached hydrogens (tertiary/aromatic N) is 1. The molecule has 2 rings (SSSR count). The summed E-state index contributed by atoms with van der Waals surface area (Å²) in [5.74, 6) is -2.44. The Balaban J connectivity index is 2.33. The summed E-state index contributed by atoms with van der Waals surface area (Å²) in [5.41, 5.74) is 7.59. The maximum Gasteiger partial charge on any atom is 0.326 e. The first-order valence-electron chi connectivity index (χ1n) is 11.7. The first-order chi connectivity index (χ1) is 16.6. The summed E-state index contributed by atoms with van der Waals surface area (Å²) in [7, 11) is 0. The molecule has 1 aromatic rings. The van der Waals surface area contributed by atoms with E-state index in [9.17, 15) is 24.3 Å². The fourth-order valence-electron chi connectivity index (χ4n) is 3.97. The third-order valence-electron chi connectivity index (χ3n) is 6.07. The number of aliphatic hydroxyl groups is 1. The molecule has 0 aromatic heterocycles. The van der Waals surface area contributed by atoms with Crippen molar-refractivity contribution >= 4 is 35.5 Å². The van der Waals surface area contributed by atoms with E-state index in [1.807, 2.05) is 30.5 Å². The number of rotatable bonds is 12. The van der Waals surface area contributed by atoms with Gasteiger partial charge in [-0.3, -0.25) is 14.4 Å². The Bertz CT molecular complexity index is 912. The molecule has 3 unspecified atom stereocenters. The number of carboxylic acid groups (broad SMARTS) is 1. The van der Waals surface area contributed by atoms with E-state index in [4.69, 9.17) is 10.8 Å². The Morgan fingerprint density at radius 1 is 1.14 bits per heavy atom. The van der Waals surface area contributed by atoms with Gasteiger partial charge in [0.2, 0.25) is 17.7 Å². The predicted octanol–water partition coefficient (Wildman–Crippen LogP) is 0.113. The maximum atomic E-state index is 13.7. The van der Waals surface area contributed by atoms with Crippen LogP contribution in [0.25, 0.3) is 0 Å². The molecule has 1 aliphatic heterocycles. The van der Waals surface area contributed by atoms with Gasteiger partial charge in [-0.1, -0.05) is 38.1 Å². The molecule has 10 nitrogen and oxygen atoms in total. The van der Waals surface area contributed by atoms with Gasteiger partial charge in [-0.05, 0) is 41.9 Å². The normalized spacial score (nSPS) is 17.8. The summed E-state index contributed by atoms with van der Waals surface area (Å²) in [4.78, 5) is 52.6. The van der Waals surface area contributed by atoms with Crippen LogP contribution in [0.5, 0.6) is 0 Å². The van der Waals surface area contributed by atoms with E-state index in [0.29, 0.717) is 5.75 Å². The van der Waals surface area contributed by atoms with Crippen LogP contribution in [0, 0.1) is 5.92 Å². The van der Waals surface area contributed by atoms with Crippen LogP contribution in [0.4, 0.5) is 0 Å².